The highest BCUT2D eigenvalue weighted by Crippen LogP contribution is 2.38. The number of nitrogens with zero attached hydrogens (tertiary/aromatic N) is 3. The summed E-state index contributed by atoms with van der Waals surface area (Å²) in [4.78, 5) is 17.8. The van der Waals surface area contributed by atoms with Crippen molar-refractivity contribution in [3.8, 4) is 11.5 Å². The second-order valence-electron chi connectivity index (χ2n) is 6.52. The summed E-state index contributed by atoms with van der Waals surface area (Å²) >= 11 is 0. The molecule has 3 aromatic rings. The molecule has 0 fully saturated rings. The number of phenolic OH excluding ortho intramolecular Hbond substituents is 1. The summed E-state index contributed by atoms with van der Waals surface area (Å²) < 4.78 is 5.58. The van der Waals surface area contributed by atoms with E-state index in [0.717, 1.165) is 47.8 Å². The first-order valence-electron chi connectivity index (χ1n) is 8.88. The Balaban J connectivity index is 1.74. The number of aromatic nitrogens is 4. The lowest BCUT2D eigenvalue weighted by Crippen LogP contribution is -2.36. The topological polar surface area (TPSA) is 90.1 Å². The fourth-order valence-electron chi connectivity index (χ4n) is 3.57. The maximum absolute atomic E-state index is 10.1. The van der Waals surface area contributed by atoms with Crippen LogP contribution in [0.2, 0.25) is 0 Å². The van der Waals surface area contributed by atoms with E-state index in [2.05, 4.69) is 24.8 Å². The summed E-state index contributed by atoms with van der Waals surface area (Å²) in [6.07, 6.45) is 4.41. The summed E-state index contributed by atoms with van der Waals surface area (Å²) in [5, 5.41) is 10.1. The van der Waals surface area contributed by atoms with E-state index >= 15 is 0 Å². The normalized spacial score (nSPS) is 17.2. The summed E-state index contributed by atoms with van der Waals surface area (Å²) in [5.41, 5.74) is 5.36. The molecule has 26 heavy (non-hydrogen) atoms. The van der Waals surface area contributed by atoms with Crippen LogP contribution >= 0.6 is 0 Å². The second-order valence-corrected chi connectivity index (χ2v) is 6.52. The van der Waals surface area contributed by atoms with E-state index in [-0.39, 0.29) is 11.8 Å². The summed E-state index contributed by atoms with van der Waals surface area (Å²) in [6.45, 7) is 6.08. The number of imidazole rings is 2. The molecule has 136 valence electrons. The molecular formula is C19H23N5O2. The van der Waals surface area contributed by atoms with Gasteiger partial charge >= 0.3 is 0 Å². The molecule has 0 radical (unpaired) electrons. The Morgan fingerprint density at radius 2 is 2.12 bits per heavy atom. The van der Waals surface area contributed by atoms with Crippen LogP contribution in [0, 0.1) is 6.92 Å². The first-order valence-corrected chi connectivity index (χ1v) is 8.88. The first kappa shape index (κ1) is 16.7. The van der Waals surface area contributed by atoms with Crippen molar-refractivity contribution in [2.45, 2.75) is 32.9 Å². The zero-order valence-corrected chi connectivity index (χ0v) is 15.0. The number of ether oxygens (including phenoxy) is 1. The van der Waals surface area contributed by atoms with E-state index in [9.17, 15) is 5.11 Å². The van der Waals surface area contributed by atoms with Crippen LogP contribution in [0.4, 0.5) is 0 Å². The number of hydrogen-bond donors (Lipinski definition) is 3. The molecule has 2 aromatic heterocycles. The Hall–Kier alpha value is -2.80. The van der Waals surface area contributed by atoms with E-state index in [0.29, 0.717) is 12.4 Å². The van der Waals surface area contributed by atoms with Crippen molar-refractivity contribution < 1.29 is 9.84 Å². The minimum absolute atomic E-state index is 0.0130. The monoisotopic (exact) mass is 353 g/mol. The van der Waals surface area contributed by atoms with Crippen LogP contribution in [0.25, 0.3) is 0 Å². The first-order chi connectivity index (χ1) is 12.7. The van der Waals surface area contributed by atoms with Gasteiger partial charge in [0.1, 0.15) is 0 Å². The Bertz CT molecular complexity index is 901. The lowest BCUT2D eigenvalue weighted by atomic mass is 9.95. The number of aromatic hydroxyl groups is 1. The van der Waals surface area contributed by atoms with E-state index in [1.165, 1.54) is 0 Å². The van der Waals surface area contributed by atoms with Gasteiger partial charge in [0.05, 0.1) is 36.7 Å². The van der Waals surface area contributed by atoms with E-state index < -0.39 is 0 Å². The molecule has 7 nitrogen and oxygen atoms in total. The lowest BCUT2D eigenvalue weighted by molar-refractivity contribution is 0.197. The van der Waals surface area contributed by atoms with Gasteiger partial charge in [-0.2, -0.15) is 0 Å². The molecule has 0 bridgehead atoms. The molecule has 1 aromatic carbocycles. The molecule has 1 aliphatic heterocycles. The minimum atomic E-state index is -0.0130. The van der Waals surface area contributed by atoms with Gasteiger partial charge in [-0.3, -0.25) is 4.90 Å². The average molecular weight is 353 g/mol. The standard InChI is InChI=1S/C19H23N5O2/c1-3-26-17-8-13(4-5-16(17)25)19-18-14(21-11-23-18)6-7-24(19)9-15-12(2)20-10-22-15/h4-5,8,10-11,19,25H,3,6-7,9H2,1-2H3,(H,20,22)(H,21,23). The van der Waals surface area contributed by atoms with Crippen molar-refractivity contribution in [3.05, 3.63) is 59.2 Å². The molecule has 0 amide bonds. The Morgan fingerprint density at radius 1 is 1.27 bits per heavy atom. The van der Waals surface area contributed by atoms with Crippen molar-refractivity contribution in [2.75, 3.05) is 13.2 Å². The predicted octanol–water partition coefficient (Wildman–Crippen LogP) is 2.69. The molecule has 4 rings (SSSR count). The maximum atomic E-state index is 10.1. The predicted molar refractivity (Wildman–Crippen MR) is 97.1 cm³/mol. The number of H-pyrrole nitrogens is 2. The maximum Gasteiger partial charge on any atom is 0.161 e. The third kappa shape index (κ3) is 2.94. The molecule has 0 spiro atoms. The number of benzene rings is 1. The van der Waals surface area contributed by atoms with Gasteiger partial charge in [-0.1, -0.05) is 6.07 Å². The van der Waals surface area contributed by atoms with Gasteiger partial charge in [0.2, 0.25) is 0 Å². The average Bonchev–Trinajstić information content (AvgIpc) is 3.26. The van der Waals surface area contributed by atoms with Crippen LogP contribution in [0.15, 0.2) is 30.9 Å². The van der Waals surface area contributed by atoms with E-state index in [4.69, 9.17) is 4.74 Å². The molecule has 0 saturated carbocycles. The van der Waals surface area contributed by atoms with Crippen molar-refractivity contribution in [1.29, 1.82) is 0 Å². The van der Waals surface area contributed by atoms with Gasteiger partial charge in [-0.25, -0.2) is 9.97 Å². The van der Waals surface area contributed by atoms with E-state index in [1.807, 2.05) is 26.0 Å². The van der Waals surface area contributed by atoms with Gasteiger partial charge in [-0.15, -0.1) is 0 Å². The molecule has 7 heteroatoms. The Morgan fingerprint density at radius 3 is 2.88 bits per heavy atom. The second kappa shape index (κ2) is 6.84. The number of nitrogens with one attached hydrogen (secondary N) is 2. The zero-order chi connectivity index (χ0) is 18.1. The van der Waals surface area contributed by atoms with E-state index in [1.54, 1.807) is 18.7 Å². The van der Waals surface area contributed by atoms with Gasteiger partial charge in [-0.05, 0) is 31.5 Å². The minimum Gasteiger partial charge on any atom is -0.504 e. The van der Waals surface area contributed by atoms with Crippen molar-refractivity contribution in [2.24, 2.45) is 0 Å². The Labute approximate surface area is 152 Å². The van der Waals surface area contributed by atoms with Gasteiger partial charge in [0, 0.05) is 30.9 Å². The van der Waals surface area contributed by atoms with Crippen LogP contribution in [0.1, 0.15) is 41.3 Å². The van der Waals surface area contributed by atoms with Crippen LogP contribution < -0.4 is 4.74 Å². The quantitative estimate of drug-likeness (QED) is 0.656. The molecule has 1 atom stereocenters. The van der Waals surface area contributed by atoms with Crippen LogP contribution in [-0.2, 0) is 13.0 Å². The van der Waals surface area contributed by atoms with Crippen molar-refractivity contribution >= 4 is 0 Å². The SMILES string of the molecule is CCOc1cc(C2c3nc[nH]c3CCN2Cc2nc[nH]c2C)ccc1O. The molecule has 3 N–H and O–H groups in total. The van der Waals surface area contributed by atoms with Gasteiger partial charge < -0.3 is 19.8 Å². The molecule has 1 aliphatic rings. The zero-order valence-electron chi connectivity index (χ0n) is 15.0. The molecule has 0 saturated heterocycles. The largest absolute Gasteiger partial charge is 0.504 e. The molecule has 3 heterocycles. The highest BCUT2D eigenvalue weighted by atomic mass is 16.5. The fraction of sp³-hybridized carbons (Fsp3) is 0.368. The number of aromatic amines is 2. The third-order valence-corrected chi connectivity index (χ3v) is 4.91. The number of fused-ring (bicyclic) bond motifs is 1. The van der Waals surface area contributed by atoms with Crippen LogP contribution in [0.5, 0.6) is 11.5 Å². The van der Waals surface area contributed by atoms with Crippen molar-refractivity contribution in [3.63, 3.8) is 0 Å². The fourth-order valence-corrected chi connectivity index (χ4v) is 3.57. The lowest BCUT2D eigenvalue weighted by Gasteiger charge is -2.35. The molecular weight excluding hydrogens is 330 g/mol. The summed E-state index contributed by atoms with van der Waals surface area (Å²) in [6, 6.07) is 5.54. The highest BCUT2D eigenvalue weighted by Gasteiger charge is 2.32. The summed E-state index contributed by atoms with van der Waals surface area (Å²) in [7, 11) is 0. The highest BCUT2D eigenvalue weighted by molar-refractivity contribution is 5.45. The van der Waals surface area contributed by atoms with Gasteiger partial charge in [0.15, 0.2) is 11.5 Å². The molecule has 1 unspecified atom stereocenters. The third-order valence-electron chi connectivity index (χ3n) is 4.91. The van der Waals surface area contributed by atoms with Gasteiger partial charge in [0.25, 0.3) is 0 Å². The van der Waals surface area contributed by atoms with Crippen molar-refractivity contribution in [1.82, 2.24) is 24.8 Å². The smallest absolute Gasteiger partial charge is 0.161 e. The van der Waals surface area contributed by atoms with Crippen LogP contribution in [0.3, 0.4) is 0 Å². The number of phenols is 1. The number of hydrogen-bond acceptors (Lipinski definition) is 5. The molecule has 0 aliphatic carbocycles. The number of rotatable bonds is 5. The Kier molecular flexibility index (Phi) is 4.38. The summed E-state index contributed by atoms with van der Waals surface area (Å²) in [5.74, 6) is 0.659. The van der Waals surface area contributed by atoms with Crippen LogP contribution in [-0.4, -0.2) is 43.1 Å². The number of aryl methyl sites for hydroxylation is 1.